The molecule has 0 saturated heterocycles. The number of carbonyl (C=O) groups excluding carboxylic acids is 1. The first kappa shape index (κ1) is 9.66. The van der Waals surface area contributed by atoms with Crippen molar-refractivity contribution in [3.8, 4) is 6.07 Å². The minimum Gasteiger partial charge on any atom is -0.290 e. The molecule has 4 nitrogen and oxygen atoms in total. The summed E-state index contributed by atoms with van der Waals surface area (Å²) >= 11 is 0. The summed E-state index contributed by atoms with van der Waals surface area (Å²) < 4.78 is 0. The number of hydrazine groups is 1. The molecule has 11 heavy (non-hydrogen) atoms. The van der Waals surface area contributed by atoms with Crippen LogP contribution in [-0.4, -0.2) is 5.91 Å². The van der Waals surface area contributed by atoms with Gasteiger partial charge in [-0.05, 0) is 6.42 Å². The third kappa shape index (κ3) is 3.38. The van der Waals surface area contributed by atoms with Crippen molar-refractivity contribution in [2.24, 2.45) is 5.84 Å². The maximum atomic E-state index is 10.7. The molecule has 1 amide bonds. The minimum atomic E-state index is -0.527. The summed E-state index contributed by atoms with van der Waals surface area (Å²) in [5.74, 6) is 4.30. The topological polar surface area (TPSA) is 78.9 Å². The second-order valence-corrected chi connectivity index (χ2v) is 1.99. The zero-order valence-corrected chi connectivity index (χ0v) is 6.42. The van der Waals surface area contributed by atoms with Gasteiger partial charge < -0.3 is 0 Å². The van der Waals surface area contributed by atoms with Crippen molar-refractivity contribution >= 4 is 5.91 Å². The Morgan fingerprint density at radius 2 is 2.45 bits per heavy atom. The van der Waals surface area contributed by atoms with Crippen molar-refractivity contribution in [2.75, 3.05) is 0 Å². The number of amides is 1. The maximum absolute atomic E-state index is 10.7. The van der Waals surface area contributed by atoms with Crippen LogP contribution >= 0.6 is 0 Å². The molecule has 0 aliphatic carbocycles. The van der Waals surface area contributed by atoms with E-state index in [0.29, 0.717) is 0 Å². The molecule has 0 fully saturated rings. The number of nitriles is 1. The Labute approximate surface area is 65.7 Å². The Bertz CT molecular complexity index is 202. The smallest absolute Gasteiger partial charge is 0.275 e. The monoisotopic (exact) mass is 153 g/mol. The highest BCUT2D eigenvalue weighted by Gasteiger charge is 2.03. The third-order valence-electron chi connectivity index (χ3n) is 1.13. The molecule has 60 valence electrons. The summed E-state index contributed by atoms with van der Waals surface area (Å²) in [5, 5.41) is 8.42. The first-order valence-electron chi connectivity index (χ1n) is 3.37. The lowest BCUT2D eigenvalue weighted by molar-refractivity contribution is -0.117. The largest absolute Gasteiger partial charge is 0.290 e. The molecule has 3 N–H and O–H groups in total. The Balaban J connectivity index is 4.18. The Kier molecular flexibility index (Phi) is 4.78. The molecule has 0 rings (SSSR count). The Morgan fingerprint density at radius 3 is 2.82 bits per heavy atom. The molecule has 0 bridgehead atoms. The fourth-order valence-electron chi connectivity index (χ4n) is 0.556. The van der Waals surface area contributed by atoms with Crippen LogP contribution in [0.25, 0.3) is 0 Å². The fourth-order valence-corrected chi connectivity index (χ4v) is 0.556. The van der Waals surface area contributed by atoms with Crippen LogP contribution in [-0.2, 0) is 4.79 Å². The van der Waals surface area contributed by atoms with Crippen LogP contribution < -0.4 is 11.3 Å². The van der Waals surface area contributed by atoms with Gasteiger partial charge in [-0.25, -0.2) is 5.84 Å². The minimum absolute atomic E-state index is 0.0781. The number of nitrogens with two attached hydrogens (primary N) is 1. The maximum Gasteiger partial charge on any atom is 0.275 e. The molecule has 0 atom stereocenters. The normalized spacial score (nSPS) is 10.5. The summed E-state index contributed by atoms with van der Waals surface area (Å²) in [4.78, 5) is 10.7. The van der Waals surface area contributed by atoms with Crippen LogP contribution in [0.4, 0.5) is 0 Å². The van der Waals surface area contributed by atoms with Crippen LogP contribution in [0.2, 0.25) is 0 Å². The number of allylic oxidation sites excluding steroid dienone is 1. The number of carbonyl (C=O) groups is 1. The summed E-state index contributed by atoms with van der Waals surface area (Å²) in [5.41, 5.74) is 1.97. The highest BCUT2D eigenvalue weighted by Crippen LogP contribution is 1.96. The predicted molar refractivity (Wildman–Crippen MR) is 40.9 cm³/mol. The Morgan fingerprint density at radius 1 is 1.82 bits per heavy atom. The van der Waals surface area contributed by atoms with E-state index in [-0.39, 0.29) is 5.57 Å². The lowest BCUT2D eigenvalue weighted by atomic mass is 10.2. The number of hydrogen-bond acceptors (Lipinski definition) is 3. The van der Waals surface area contributed by atoms with Gasteiger partial charge >= 0.3 is 0 Å². The fraction of sp³-hybridized carbons (Fsp3) is 0.429. The van der Waals surface area contributed by atoms with Crippen molar-refractivity contribution in [3.05, 3.63) is 11.6 Å². The molecule has 0 radical (unpaired) electrons. The molecule has 0 heterocycles. The van der Waals surface area contributed by atoms with Crippen molar-refractivity contribution in [1.29, 1.82) is 5.26 Å². The second-order valence-electron chi connectivity index (χ2n) is 1.99. The zero-order chi connectivity index (χ0) is 8.69. The van der Waals surface area contributed by atoms with Crippen LogP contribution in [0.15, 0.2) is 11.6 Å². The SMILES string of the molecule is CCCC=C(C#N)C(=O)NN. The molecule has 4 heteroatoms. The van der Waals surface area contributed by atoms with E-state index in [1.54, 1.807) is 12.1 Å². The first-order valence-corrected chi connectivity index (χ1v) is 3.37. The molecule has 0 aromatic rings. The molecule has 0 aliphatic rings. The molecule has 0 aromatic carbocycles. The van der Waals surface area contributed by atoms with Gasteiger partial charge in [-0.1, -0.05) is 19.4 Å². The van der Waals surface area contributed by atoms with Gasteiger partial charge in [0.05, 0.1) is 0 Å². The van der Waals surface area contributed by atoms with Crippen molar-refractivity contribution in [2.45, 2.75) is 19.8 Å². The number of nitrogens with one attached hydrogen (secondary N) is 1. The van der Waals surface area contributed by atoms with Gasteiger partial charge in [0, 0.05) is 0 Å². The summed E-state index contributed by atoms with van der Waals surface area (Å²) in [6.07, 6.45) is 3.20. The molecule has 0 aliphatic heterocycles. The van der Waals surface area contributed by atoms with E-state index in [4.69, 9.17) is 11.1 Å². The highest BCUT2D eigenvalue weighted by atomic mass is 16.2. The molecule has 0 saturated carbocycles. The summed E-state index contributed by atoms with van der Waals surface area (Å²) in [7, 11) is 0. The van der Waals surface area contributed by atoms with Gasteiger partial charge in [-0.15, -0.1) is 0 Å². The van der Waals surface area contributed by atoms with Gasteiger partial charge in [0.2, 0.25) is 0 Å². The molecular formula is C7H11N3O. The van der Waals surface area contributed by atoms with Crippen molar-refractivity contribution in [3.63, 3.8) is 0 Å². The van der Waals surface area contributed by atoms with E-state index in [2.05, 4.69) is 0 Å². The van der Waals surface area contributed by atoms with Crippen molar-refractivity contribution < 1.29 is 4.79 Å². The number of unbranched alkanes of at least 4 members (excludes halogenated alkanes) is 1. The summed E-state index contributed by atoms with van der Waals surface area (Å²) in [6, 6.07) is 1.76. The summed E-state index contributed by atoms with van der Waals surface area (Å²) in [6.45, 7) is 1.96. The Hall–Kier alpha value is -1.34. The van der Waals surface area contributed by atoms with Gasteiger partial charge in [0.1, 0.15) is 11.6 Å². The van der Waals surface area contributed by atoms with Crippen LogP contribution in [0.3, 0.4) is 0 Å². The van der Waals surface area contributed by atoms with Crippen LogP contribution in [0.5, 0.6) is 0 Å². The van der Waals surface area contributed by atoms with Crippen LogP contribution in [0, 0.1) is 11.3 Å². The third-order valence-corrected chi connectivity index (χ3v) is 1.13. The standard InChI is InChI=1S/C7H11N3O/c1-2-3-4-6(5-8)7(11)10-9/h4H,2-3,9H2,1H3,(H,10,11). The lowest BCUT2D eigenvalue weighted by Gasteiger charge is -1.94. The first-order chi connectivity index (χ1) is 5.26. The molecule has 0 aromatic heterocycles. The average Bonchev–Trinajstić information content (AvgIpc) is 2.05. The van der Waals surface area contributed by atoms with Gasteiger partial charge in [0.15, 0.2) is 0 Å². The average molecular weight is 153 g/mol. The van der Waals surface area contributed by atoms with Gasteiger partial charge in [-0.2, -0.15) is 5.26 Å². The molecule has 0 unspecified atom stereocenters. The number of rotatable bonds is 3. The van der Waals surface area contributed by atoms with E-state index < -0.39 is 5.91 Å². The number of hydrogen-bond donors (Lipinski definition) is 2. The van der Waals surface area contributed by atoms with Gasteiger partial charge in [-0.3, -0.25) is 10.2 Å². The lowest BCUT2D eigenvalue weighted by Crippen LogP contribution is -2.30. The van der Waals surface area contributed by atoms with Gasteiger partial charge in [0.25, 0.3) is 5.91 Å². The quantitative estimate of drug-likeness (QED) is 0.200. The number of nitrogens with zero attached hydrogens (tertiary/aromatic N) is 1. The van der Waals surface area contributed by atoms with E-state index in [1.165, 1.54) is 0 Å². The highest BCUT2D eigenvalue weighted by molar-refractivity contribution is 5.96. The van der Waals surface area contributed by atoms with E-state index in [1.807, 2.05) is 12.3 Å². The van der Waals surface area contributed by atoms with E-state index >= 15 is 0 Å². The van der Waals surface area contributed by atoms with Crippen molar-refractivity contribution in [1.82, 2.24) is 5.43 Å². The van der Waals surface area contributed by atoms with Crippen LogP contribution in [0.1, 0.15) is 19.8 Å². The zero-order valence-electron chi connectivity index (χ0n) is 6.42. The predicted octanol–water partition coefficient (Wildman–Crippen LogP) is 0.226. The van der Waals surface area contributed by atoms with E-state index in [9.17, 15) is 4.79 Å². The molecule has 0 spiro atoms. The van der Waals surface area contributed by atoms with E-state index in [0.717, 1.165) is 12.8 Å². The molecular weight excluding hydrogens is 142 g/mol. The second kappa shape index (κ2) is 5.45.